The monoisotopic (exact) mass is 328 g/mol. The van der Waals surface area contributed by atoms with E-state index < -0.39 is 11.7 Å². The predicted molar refractivity (Wildman–Crippen MR) is 79.9 cm³/mol. The highest BCUT2D eigenvalue weighted by atomic mass is 19.4. The van der Waals surface area contributed by atoms with Crippen molar-refractivity contribution in [2.75, 3.05) is 24.5 Å². The second-order valence-corrected chi connectivity index (χ2v) is 5.55. The van der Waals surface area contributed by atoms with Crippen LogP contribution < -0.4 is 4.90 Å². The molecule has 23 heavy (non-hydrogen) atoms. The molecule has 1 aromatic carbocycles. The average Bonchev–Trinajstić information content (AvgIpc) is 3.00. The zero-order valence-corrected chi connectivity index (χ0v) is 12.9. The van der Waals surface area contributed by atoms with Gasteiger partial charge in [-0.15, -0.1) is 0 Å². The number of halogens is 3. The van der Waals surface area contributed by atoms with E-state index in [1.165, 1.54) is 24.0 Å². The molecule has 0 bridgehead atoms. The number of amides is 2. The molecule has 0 atom stereocenters. The van der Waals surface area contributed by atoms with E-state index in [-0.39, 0.29) is 24.8 Å². The molecule has 0 N–H and O–H groups in total. The van der Waals surface area contributed by atoms with Gasteiger partial charge in [-0.25, -0.2) is 0 Å². The van der Waals surface area contributed by atoms with Crippen molar-refractivity contribution in [2.24, 2.45) is 0 Å². The van der Waals surface area contributed by atoms with Gasteiger partial charge in [-0.3, -0.25) is 9.59 Å². The smallest absolute Gasteiger partial charge is 0.343 e. The van der Waals surface area contributed by atoms with Gasteiger partial charge >= 0.3 is 6.18 Å². The van der Waals surface area contributed by atoms with E-state index in [4.69, 9.17) is 0 Å². The summed E-state index contributed by atoms with van der Waals surface area (Å²) in [6.45, 7) is 2.96. The molecule has 126 valence electrons. The summed E-state index contributed by atoms with van der Waals surface area (Å²) in [6, 6.07) is 4.39. The van der Waals surface area contributed by atoms with E-state index in [2.05, 4.69) is 0 Å². The van der Waals surface area contributed by atoms with Crippen LogP contribution in [0.3, 0.4) is 0 Å². The molecule has 2 amide bonds. The molecule has 1 fully saturated rings. The van der Waals surface area contributed by atoms with Gasteiger partial charge in [0.1, 0.15) is 0 Å². The first kappa shape index (κ1) is 17.3. The predicted octanol–water partition coefficient (Wildman–Crippen LogP) is 3.07. The third kappa shape index (κ3) is 4.46. The molecular weight excluding hydrogens is 309 g/mol. The van der Waals surface area contributed by atoms with E-state index >= 15 is 0 Å². The van der Waals surface area contributed by atoms with Gasteiger partial charge in [0.2, 0.25) is 11.8 Å². The van der Waals surface area contributed by atoms with Crippen LogP contribution in [0.2, 0.25) is 0 Å². The Hall–Kier alpha value is -2.05. The number of hydrogen-bond acceptors (Lipinski definition) is 2. The van der Waals surface area contributed by atoms with Crippen molar-refractivity contribution in [3.63, 3.8) is 0 Å². The highest BCUT2D eigenvalue weighted by molar-refractivity contribution is 5.92. The van der Waals surface area contributed by atoms with E-state index in [9.17, 15) is 22.8 Å². The summed E-state index contributed by atoms with van der Waals surface area (Å²) < 4.78 is 37.7. The lowest BCUT2D eigenvalue weighted by Crippen LogP contribution is -2.35. The summed E-state index contributed by atoms with van der Waals surface area (Å²) in [5.41, 5.74) is -0.405. The highest BCUT2D eigenvalue weighted by Gasteiger charge is 2.30. The third-order valence-electron chi connectivity index (χ3n) is 3.89. The minimum Gasteiger partial charge on any atom is -0.343 e. The Kier molecular flexibility index (Phi) is 5.28. The minimum absolute atomic E-state index is 0.0272. The van der Waals surface area contributed by atoms with E-state index in [0.29, 0.717) is 5.69 Å². The van der Waals surface area contributed by atoms with Crippen molar-refractivity contribution in [3.05, 3.63) is 29.8 Å². The fraction of sp³-hybridized carbons (Fsp3) is 0.500. The number of carbonyl (C=O) groups is 2. The molecule has 0 radical (unpaired) electrons. The molecule has 0 unspecified atom stereocenters. The SMILES string of the molecule is CC(=O)N(CCC(=O)N1CCCC1)c1ccc(C(F)(F)F)cc1. The number of likely N-dealkylation sites (tertiary alicyclic amines) is 1. The van der Waals surface area contributed by atoms with Crippen LogP contribution in [-0.4, -0.2) is 36.3 Å². The average molecular weight is 328 g/mol. The minimum atomic E-state index is -4.41. The molecule has 0 aromatic heterocycles. The Morgan fingerprint density at radius 1 is 1.13 bits per heavy atom. The van der Waals surface area contributed by atoms with Crippen LogP contribution in [0, 0.1) is 0 Å². The first-order valence-electron chi connectivity index (χ1n) is 7.52. The topological polar surface area (TPSA) is 40.6 Å². The van der Waals surface area contributed by atoms with Gasteiger partial charge in [0.15, 0.2) is 0 Å². The van der Waals surface area contributed by atoms with Gasteiger partial charge in [0, 0.05) is 38.7 Å². The molecule has 1 aliphatic rings. The second kappa shape index (κ2) is 7.02. The van der Waals surface area contributed by atoms with Crippen molar-refractivity contribution in [1.82, 2.24) is 4.90 Å². The van der Waals surface area contributed by atoms with Gasteiger partial charge in [0.25, 0.3) is 0 Å². The number of carbonyl (C=O) groups excluding carboxylic acids is 2. The van der Waals surface area contributed by atoms with Crippen LogP contribution in [-0.2, 0) is 15.8 Å². The largest absolute Gasteiger partial charge is 0.416 e. The van der Waals surface area contributed by atoms with E-state index in [1.54, 1.807) is 4.90 Å². The highest BCUT2D eigenvalue weighted by Crippen LogP contribution is 2.30. The van der Waals surface area contributed by atoms with Crippen LogP contribution in [0.4, 0.5) is 18.9 Å². The van der Waals surface area contributed by atoms with Crippen LogP contribution in [0.1, 0.15) is 31.7 Å². The summed E-state index contributed by atoms with van der Waals surface area (Å²) in [6.07, 6.45) is -2.27. The van der Waals surface area contributed by atoms with Crippen molar-refractivity contribution in [1.29, 1.82) is 0 Å². The van der Waals surface area contributed by atoms with Gasteiger partial charge in [0.05, 0.1) is 5.56 Å². The summed E-state index contributed by atoms with van der Waals surface area (Å²) in [7, 11) is 0. The number of alkyl halides is 3. The molecule has 7 heteroatoms. The molecule has 2 rings (SSSR count). The van der Waals surface area contributed by atoms with Crippen molar-refractivity contribution in [2.45, 2.75) is 32.4 Å². The normalized spacial score (nSPS) is 14.9. The maximum absolute atomic E-state index is 12.6. The molecule has 0 spiro atoms. The zero-order valence-electron chi connectivity index (χ0n) is 12.9. The maximum atomic E-state index is 12.6. The van der Waals surface area contributed by atoms with Crippen molar-refractivity contribution in [3.8, 4) is 0 Å². The van der Waals surface area contributed by atoms with Crippen LogP contribution in [0.5, 0.6) is 0 Å². The molecule has 0 aliphatic carbocycles. The van der Waals surface area contributed by atoms with E-state index in [0.717, 1.165) is 38.1 Å². The fourth-order valence-corrected chi connectivity index (χ4v) is 2.63. The zero-order chi connectivity index (χ0) is 17.0. The number of rotatable bonds is 4. The number of anilines is 1. The molecule has 1 heterocycles. The number of benzene rings is 1. The second-order valence-electron chi connectivity index (χ2n) is 5.55. The number of nitrogens with zero attached hydrogens (tertiary/aromatic N) is 2. The lowest BCUT2D eigenvalue weighted by molar-refractivity contribution is -0.137. The summed E-state index contributed by atoms with van der Waals surface area (Å²) in [4.78, 5) is 26.8. The van der Waals surface area contributed by atoms with Gasteiger partial charge in [-0.1, -0.05) is 0 Å². The molecule has 1 aromatic rings. The third-order valence-corrected chi connectivity index (χ3v) is 3.89. The molecule has 0 saturated carbocycles. The summed E-state index contributed by atoms with van der Waals surface area (Å²) in [5, 5.41) is 0. The van der Waals surface area contributed by atoms with Crippen molar-refractivity contribution < 1.29 is 22.8 Å². The van der Waals surface area contributed by atoms with Gasteiger partial charge in [-0.2, -0.15) is 13.2 Å². The molecular formula is C16H19F3N2O2. The van der Waals surface area contributed by atoms with Gasteiger partial charge < -0.3 is 9.80 Å². The quantitative estimate of drug-likeness (QED) is 0.852. The van der Waals surface area contributed by atoms with Crippen LogP contribution >= 0.6 is 0 Å². The Morgan fingerprint density at radius 2 is 1.70 bits per heavy atom. The maximum Gasteiger partial charge on any atom is 0.416 e. The van der Waals surface area contributed by atoms with Gasteiger partial charge in [-0.05, 0) is 37.1 Å². The standard InChI is InChI=1S/C16H19F3N2O2/c1-12(22)21(11-8-15(23)20-9-2-3-10-20)14-6-4-13(5-7-14)16(17,18)19/h4-7H,2-3,8-11H2,1H3. The van der Waals surface area contributed by atoms with Crippen LogP contribution in [0.25, 0.3) is 0 Å². The summed E-state index contributed by atoms with van der Waals surface area (Å²) in [5.74, 6) is -0.334. The summed E-state index contributed by atoms with van der Waals surface area (Å²) >= 11 is 0. The lowest BCUT2D eigenvalue weighted by atomic mass is 10.2. The Balaban J connectivity index is 2.03. The Labute approximate surface area is 132 Å². The first-order chi connectivity index (χ1) is 10.8. The fourth-order valence-electron chi connectivity index (χ4n) is 2.63. The molecule has 1 aliphatic heterocycles. The van der Waals surface area contributed by atoms with E-state index in [1.807, 2.05) is 0 Å². The lowest BCUT2D eigenvalue weighted by Gasteiger charge is -2.23. The Morgan fingerprint density at radius 3 is 2.17 bits per heavy atom. The molecule has 1 saturated heterocycles. The first-order valence-corrected chi connectivity index (χ1v) is 7.52. The number of hydrogen-bond donors (Lipinski definition) is 0. The Bertz CT molecular complexity index is 564. The van der Waals surface area contributed by atoms with Crippen LogP contribution in [0.15, 0.2) is 24.3 Å². The van der Waals surface area contributed by atoms with Crippen molar-refractivity contribution >= 4 is 17.5 Å². The molecule has 4 nitrogen and oxygen atoms in total.